The number of hydrogen-bond acceptors (Lipinski definition) is 3. The fraction of sp³-hybridized carbons (Fsp3) is 0.167. The lowest BCUT2D eigenvalue weighted by atomic mass is 10.0. The van der Waals surface area contributed by atoms with Gasteiger partial charge < -0.3 is 5.11 Å². The first-order valence-electron chi connectivity index (χ1n) is 5.00. The third-order valence-corrected chi connectivity index (χ3v) is 2.52. The van der Waals surface area contributed by atoms with Gasteiger partial charge in [0.25, 0.3) is 0 Å². The molecule has 0 bridgehead atoms. The van der Waals surface area contributed by atoms with Crippen LogP contribution in [-0.2, 0) is 0 Å². The first-order chi connectivity index (χ1) is 8.11. The molecule has 1 atom stereocenters. The summed E-state index contributed by atoms with van der Waals surface area (Å²) in [6.07, 6.45) is 1.24. The minimum absolute atomic E-state index is 0.280. The van der Waals surface area contributed by atoms with Crippen molar-refractivity contribution in [2.45, 2.75) is 13.0 Å². The summed E-state index contributed by atoms with van der Waals surface area (Å²) in [6.45, 7) is 1.51. The molecular formula is C12H10F2N2O. The second-order valence-corrected chi connectivity index (χ2v) is 3.67. The van der Waals surface area contributed by atoms with Crippen LogP contribution in [0.25, 0.3) is 0 Å². The van der Waals surface area contributed by atoms with E-state index < -0.39 is 17.7 Å². The lowest BCUT2D eigenvalue weighted by molar-refractivity contribution is 0.208. The van der Waals surface area contributed by atoms with Gasteiger partial charge in [-0.3, -0.25) is 0 Å². The number of rotatable bonds is 2. The van der Waals surface area contributed by atoms with Crippen LogP contribution < -0.4 is 0 Å². The van der Waals surface area contributed by atoms with Gasteiger partial charge in [0.05, 0.1) is 11.8 Å². The van der Waals surface area contributed by atoms with Gasteiger partial charge in [-0.05, 0) is 24.6 Å². The van der Waals surface area contributed by atoms with E-state index in [2.05, 4.69) is 10.2 Å². The maximum atomic E-state index is 13.8. The van der Waals surface area contributed by atoms with Crippen molar-refractivity contribution in [3.05, 3.63) is 58.9 Å². The summed E-state index contributed by atoms with van der Waals surface area (Å²) in [5.74, 6) is -1.52. The van der Waals surface area contributed by atoms with Crippen molar-refractivity contribution in [1.82, 2.24) is 10.2 Å². The van der Waals surface area contributed by atoms with Crippen LogP contribution in [0, 0.1) is 18.6 Å². The highest BCUT2D eigenvalue weighted by Crippen LogP contribution is 2.27. The molecule has 2 aromatic rings. The molecule has 17 heavy (non-hydrogen) atoms. The predicted molar refractivity (Wildman–Crippen MR) is 57.2 cm³/mol. The zero-order valence-electron chi connectivity index (χ0n) is 9.06. The highest BCUT2D eigenvalue weighted by Gasteiger charge is 2.21. The lowest BCUT2D eigenvalue weighted by Crippen LogP contribution is -2.07. The first kappa shape index (κ1) is 11.6. The van der Waals surface area contributed by atoms with Crippen LogP contribution in [0.5, 0.6) is 0 Å². The van der Waals surface area contributed by atoms with Crippen LogP contribution in [-0.4, -0.2) is 15.3 Å². The van der Waals surface area contributed by atoms with Gasteiger partial charge in [-0.15, -0.1) is 0 Å². The van der Waals surface area contributed by atoms with E-state index in [0.717, 1.165) is 6.07 Å². The minimum Gasteiger partial charge on any atom is -0.383 e. The Kier molecular flexibility index (Phi) is 3.10. The van der Waals surface area contributed by atoms with Gasteiger partial charge in [-0.25, -0.2) is 8.78 Å². The van der Waals surface area contributed by atoms with Crippen LogP contribution in [0.15, 0.2) is 30.6 Å². The number of hydrogen-bond donors (Lipinski definition) is 1. The monoisotopic (exact) mass is 236 g/mol. The zero-order valence-corrected chi connectivity index (χ0v) is 9.06. The Morgan fingerprint density at radius 1 is 1.18 bits per heavy atom. The van der Waals surface area contributed by atoms with Crippen LogP contribution in [0.4, 0.5) is 8.78 Å². The molecule has 5 heteroatoms. The number of aliphatic hydroxyl groups is 1. The Balaban J connectivity index is 2.51. The maximum absolute atomic E-state index is 13.8. The number of aliphatic hydroxyl groups excluding tert-OH is 1. The summed E-state index contributed by atoms with van der Waals surface area (Å²) in [5.41, 5.74) is 0.212. The highest BCUT2D eigenvalue weighted by atomic mass is 19.1. The Morgan fingerprint density at radius 2 is 1.94 bits per heavy atom. The molecule has 0 aliphatic carbocycles. The molecule has 0 amide bonds. The molecule has 2 rings (SSSR count). The molecule has 1 N–H and O–H groups in total. The second-order valence-electron chi connectivity index (χ2n) is 3.67. The third-order valence-electron chi connectivity index (χ3n) is 2.52. The van der Waals surface area contributed by atoms with Gasteiger partial charge >= 0.3 is 0 Å². The number of aryl methyl sites for hydroxylation is 1. The number of nitrogens with zero attached hydrogens (tertiary/aromatic N) is 2. The van der Waals surface area contributed by atoms with Crippen LogP contribution in [0.3, 0.4) is 0 Å². The molecule has 0 radical (unpaired) electrons. The molecular weight excluding hydrogens is 226 g/mol. The SMILES string of the molecule is Cc1ccc(F)c(C(O)c2ccnnc2)c1F. The van der Waals surface area contributed by atoms with Crippen LogP contribution >= 0.6 is 0 Å². The van der Waals surface area contributed by atoms with E-state index in [1.165, 1.54) is 31.5 Å². The molecule has 1 unspecified atom stereocenters. The average Bonchev–Trinajstić information content (AvgIpc) is 2.35. The zero-order chi connectivity index (χ0) is 12.4. The summed E-state index contributed by atoms with van der Waals surface area (Å²) in [7, 11) is 0. The average molecular weight is 236 g/mol. The molecule has 0 saturated heterocycles. The summed E-state index contributed by atoms with van der Waals surface area (Å²) < 4.78 is 27.3. The standard InChI is InChI=1S/C12H10F2N2O/c1-7-2-3-9(13)10(11(7)14)12(17)8-4-5-15-16-6-8/h2-6,12,17H,1H3. The van der Waals surface area contributed by atoms with Crippen molar-refractivity contribution < 1.29 is 13.9 Å². The fourth-order valence-electron chi connectivity index (χ4n) is 1.56. The summed E-state index contributed by atoms with van der Waals surface area (Å²) in [6, 6.07) is 3.91. The van der Waals surface area contributed by atoms with E-state index in [0.29, 0.717) is 5.56 Å². The molecule has 0 fully saturated rings. The molecule has 0 spiro atoms. The Bertz CT molecular complexity index is 532. The van der Waals surface area contributed by atoms with Crippen LogP contribution in [0.1, 0.15) is 22.8 Å². The summed E-state index contributed by atoms with van der Waals surface area (Å²) >= 11 is 0. The predicted octanol–water partition coefficient (Wildman–Crippen LogP) is 2.14. The first-order valence-corrected chi connectivity index (χ1v) is 5.00. The topological polar surface area (TPSA) is 46.0 Å². The normalized spacial score (nSPS) is 12.5. The van der Waals surface area contributed by atoms with E-state index in [-0.39, 0.29) is 11.1 Å². The van der Waals surface area contributed by atoms with Gasteiger partial charge in [0.1, 0.15) is 17.7 Å². The Morgan fingerprint density at radius 3 is 2.59 bits per heavy atom. The molecule has 1 aromatic heterocycles. The van der Waals surface area contributed by atoms with E-state index >= 15 is 0 Å². The minimum atomic E-state index is -1.38. The van der Waals surface area contributed by atoms with Gasteiger partial charge in [-0.1, -0.05) is 6.07 Å². The second kappa shape index (κ2) is 4.55. The van der Waals surface area contributed by atoms with E-state index in [1.807, 2.05) is 0 Å². The van der Waals surface area contributed by atoms with E-state index in [1.54, 1.807) is 0 Å². The number of halogens is 2. The number of benzene rings is 1. The molecule has 0 aliphatic heterocycles. The Labute approximate surface area is 96.8 Å². The smallest absolute Gasteiger partial charge is 0.135 e. The molecule has 1 heterocycles. The highest BCUT2D eigenvalue weighted by molar-refractivity contribution is 5.33. The lowest BCUT2D eigenvalue weighted by Gasteiger charge is -2.13. The quantitative estimate of drug-likeness (QED) is 0.868. The number of aromatic nitrogens is 2. The van der Waals surface area contributed by atoms with Gasteiger partial charge in [-0.2, -0.15) is 10.2 Å². The van der Waals surface area contributed by atoms with E-state index in [9.17, 15) is 13.9 Å². The van der Waals surface area contributed by atoms with E-state index in [4.69, 9.17) is 0 Å². The molecule has 0 aliphatic rings. The van der Waals surface area contributed by atoms with Crippen molar-refractivity contribution in [2.75, 3.05) is 0 Å². The van der Waals surface area contributed by atoms with Gasteiger partial charge in [0.15, 0.2) is 0 Å². The molecule has 1 aromatic carbocycles. The summed E-state index contributed by atoms with van der Waals surface area (Å²) in [4.78, 5) is 0. The van der Waals surface area contributed by atoms with Crippen molar-refractivity contribution >= 4 is 0 Å². The van der Waals surface area contributed by atoms with Crippen molar-refractivity contribution in [3.8, 4) is 0 Å². The maximum Gasteiger partial charge on any atom is 0.135 e. The fourth-order valence-corrected chi connectivity index (χ4v) is 1.56. The van der Waals surface area contributed by atoms with Crippen molar-refractivity contribution in [1.29, 1.82) is 0 Å². The summed E-state index contributed by atoms with van der Waals surface area (Å²) in [5, 5.41) is 17.0. The van der Waals surface area contributed by atoms with Crippen LogP contribution in [0.2, 0.25) is 0 Å². The third kappa shape index (κ3) is 2.14. The molecule has 3 nitrogen and oxygen atoms in total. The largest absolute Gasteiger partial charge is 0.383 e. The molecule has 0 saturated carbocycles. The van der Waals surface area contributed by atoms with Gasteiger partial charge in [0.2, 0.25) is 0 Å². The Hall–Kier alpha value is -1.88. The molecule has 88 valence electrons. The van der Waals surface area contributed by atoms with Gasteiger partial charge in [0, 0.05) is 11.8 Å². The van der Waals surface area contributed by atoms with Crippen molar-refractivity contribution in [3.63, 3.8) is 0 Å². The van der Waals surface area contributed by atoms with Crippen molar-refractivity contribution in [2.24, 2.45) is 0 Å².